The van der Waals surface area contributed by atoms with Gasteiger partial charge in [0.15, 0.2) is 0 Å². The fraction of sp³-hybridized carbons (Fsp3) is 0.464. The van der Waals surface area contributed by atoms with Crippen LogP contribution in [0.1, 0.15) is 62.9 Å². The molecule has 6 nitrogen and oxygen atoms in total. The van der Waals surface area contributed by atoms with Crippen molar-refractivity contribution in [3.63, 3.8) is 0 Å². The van der Waals surface area contributed by atoms with Gasteiger partial charge in [0.1, 0.15) is 5.82 Å². The number of fused-ring (bicyclic) bond motifs is 1. The van der Waals surface area contributed by atoms with Crippen molar-refractivity contribution in [2.45, 2.75) is 58.4 Å². The van der Waals surface area contributed by atoms with E-state index in [1.807, 2.05) is 60.4 Å². The lowest BCUT2D eigenvalue weighted by Gasteiger charge is -2.35. The zero-order valence-corrected chi connectivity index (χ0v) is 20.5. The molecule has 1 fully saturated rings. The molecule has 180 valence electrons. The molecule has 1 heterocycles. The Bertz CT molecular complexity index is 1200. The summed E-state index contributed by atoms with van der Waals surface area (Å²) in [6.07, 6.45) is 5.88. The maximum absolute atomic E-state index is 13.8. The van der Waals surface area contributed by atoms with Crippen LogP contribution in [0.4, 0.5) is 0 Å². The van der Waals surface area contributed by atoms with Crippen LogP contribution in [0.2, 0.25) is 0 Å². The van der Waals surface area contributed by atoms with Crippen LogP contribution in [0, 0.1) is 12.8 Å². The van der Waals surface area contributed by atoms with Gasteiger partial charge in [-0.2, -0.15) is 0 Å². The van der Waals surface area contributed by atoms with Gasteiger partial charge in [-0.1, -0.05) is 50.5 Å². The lowest BCUT2D eigenvalue weighted by Crippen LogP contribution is -2.43. The lowest BCUT2D eigenvalue weighted by atomic mass is 9.87. The van der Waals surface area contributed by atoms with Crippen molar-refractivity contribution in [3.05, 3.63) is 70.3 Å². The number of carbonyl (C=O) groups is 1. The summed E-state index contributed by atoms with van der Waals surface area (Å²) in [4.78, 5) is 34.5. The Morgan fingerprint density at radius 3 is 2.62 bits per heavy atom. The second kappa shape index (κ2) is 11.0. The van der Waals surface area contributed by atoms with Crippen LogP contribution in [0.25, 0.3) is 16.6 Å². The van der Waals surface area contributed by atoms with Crippen LogP contribution in [0.5, 0.6) is 0 Å². The highest BCUT2D eigenvalue weighted by molar-refractivity contribution is 5.80. The molecule has 3 aromatic rings. The van der Waals surface area contributed by atoms with Crippen LogP contribution in [-0.4, -0.2) is 40.6 Å². The number of rotatable bonds is 8. The Morgan fingerprint density at radius 1 is 1.15 bits per heavy atom. The predicted octanol–water partition coefficient (Wildman–Crippen LogP) is 5.20. The minimum absolute atomic E-state index is 0.0271. The molecule has 4 rings (SSSR count). The molecular formula is C28H35N3O3. The number of hydrogen-bond acceptors (Lipinski definition) is 4. The third-order valence-corrected chi connectivity index (χ3v) is 6.90. The fourth-order valence-corrected chi connectivity index (χ4v) is 5.13. The SMILES string of the molecule is CCC(c1nc2ccccc2c(=O)n1-c1cccc(C)c1)N(CCOC)C(=O)C1CCCCC1. The van der Waals surface area contributed by atoms with Crippen molar-refractivity contribution in [1.29, 1.82) is 0 Å². The van der Waals surface area contributed by atoms with Crippen molar-refractivity contribution in [1.82, 2.24) is 14.5 Å². The molecule has 0 saturated heterocycles. The molecular weight excluding hydrogens is 426 g/mol. The minimum atomic E-state index is -0.331. The minimum Gasteiger partial charge on any atom is -0.383 e. The highest BCUT2D eigenvalue weighted by atomic mass is 16.5. The van der Waals surface area contributed by atoms with Gasteiger partial charge in [-0.05, 0) is 56.0 Å². The molecule has 1 unspecified atom stereocenters. The number of aryl methyl sites for hydroxylation is 1. The molecule has 0 aliphatic heterocycles. The second-order valence-electron chi connectivity index (χ2n) is 9.25. The quantitative estimate of drug-likeness (QED) is 0.462. The number of aromatic nitrogens is 2. The summed E-state index contributed by atoms with van der Waals surface area (Å²) in [7, 11) is 1.65. The normalized spacial score (nSPS) is 15.4. The number of para-hydroxylation sites is 1. The van der Waals surface area contributed by atoms with Gasteiger partial charge in [0.2, 0.25) is 5.91 Å². The van der Waals surface area contributed by atoms with E-state index in [-0.39, 0.29) is 23.4 Å². The number of carbonyl (C=O) groups excluding carboxylic acids is 1. The molecule has 1 aromatic heterocycles. The first kappa shape index (κ1) is 24.1. The van der Waals surface area contributed by atoms with E-state index in [0.717, 1.165) is 36.9 Å². The highest BCUT2D eigenvalue weighted by Crippen LogP contribution is 2.31. The third-order valence-electron chi connectivity index (χ3n) is 6.90. The lowest BCUT2D eigenvalue weighted by molar-refractivity contribution is -0.140. The van der Waals surface area contributed by atoms with Crippen LogP contribution >= 0.6 is 0 Å². The molecule has 34 heavy (non-hydrogen) atoms. The van der Waals surface area contributed by atoms with Crippen LogP contribution < -0.4 is 5.56 Å². The third kappa shape index (κ3) is 4.92. The standard InChI is InChI=1S/C28H35N3O3/c1-4-25(30(17-18-34-3)27(32)21-12-6-5-7-13-21)26-29-24-16-9-8-15-23(24)28(33)31(26)22-14-10-11-20(2)19-22/h8-11,14-16,19,21,25H,4-7,12-13,17-18H2,1-3H3. The molecule has 1 amide bonds. The zero-order valence-electron chi connectivity index (χ0n) is 20.5. The summed E-state index contributed by atoms with van der Waals surface area (Å²) in [5, 5.41) is 0.574. The maximum Gasteiger partial charge on any atom is 0.266 e. The Kier molecular flexibility index (Phi) is 7.78. The van der Waals surface area contributed by atoms with Gasteiger partial charge in [0.25, 0.3) is 5.56 Å². The Balaban J connectivity index is 1.89. The molecule has 1 aliphatic rings. The van der Waals surface area contributed by atoms with Gasteiger partial charge in [0, 0.05) is 19.6 Å². The smallest absolute Gasteiger partial charge is 0.266 e. The Labute approximate surface area is 201 Å². The molecule has 0 bridgehead atoms. The van der Waals surface area contributed by atoms with Crippen molar-refractivity contribution in [2.75, 3.05) is 20.3 Å². The molecule has 0 radical (unpaired) electrons. The number of hydrogen-bond donors (Lipinski definition) is 0. The van der Waals surface area contributed by atoms with E-state index in [2.05, 4.69) is 6.92 Å². The maximum atomic E-state index is 13.8. The van der Waals surface area contributed by atoms with Crippen LogP contribution in [-0.2, 0) is 9.53 Å². The average Bonchev–Trinajstić information content (AvgIpc) is 2.86. The molecule has 2 aromatic carbocycles. The van der Waals surface area contributed by atoms with Crippen molar-refractivity contribution in [2.24, 2.45) is 5.92 Å². The Morgan fingerprint density at radius 2 is 1.91 bits per heavy atom. The first-order valence-corrected chi connectivity index (χ1v) is 12.4. The highest BCUT2D eigenvalue weighted by Gasteiger charge is 2.33. The average molecular weight is 462 g/mol. The molecule has 1 atom stereocenters. The first-order chi connectivity index (χ1) is 16.5. The van der Waals surface area contributed by atoms with Crippen molar-refractivity contribution >= 4 is 16.8 Å². The second-order valence-corrected chi connectivity index (χ2v) is 9.25. The number of amides is 1. The molecule has 1 aliphatic carbocycles. The van der Waals surface area contributed by atoms with E-state index in [9.17, 15) is 9.59 Å². The van der Waals surface area contributed by atoms with Gasteiger partial charge in [-0.15, -0.1) is 0 Å². The van der Waals surface area contributed by atoms with Gasteiger partial charge in [0.05, 0.1) is 29.2 Å². The summed E-state index contributed by atoms with van der Waals surface area (Å²) in [5.41, 5.74) is 2.38. The van der Waals surface area contributed by atoms with E-state index in [0.29, 0.717) is 36.3 Å². The van der Waals surface area contributed by atoms with Crippen LogP contribution in [0.3, 0.4) is 0 Å². The summed E-state index contributed by atoms with van der Waals surface area (Å²) in [5.74, 6) is 0.790. The van der Waals surface area contributed by atoms with E-state index in [4.69, 9.17) is 9.72 Å². The van der Waals surface area contributed by atoms with Crippen molar-refractivity contribution < 1.29 is 9.53 Å². The predicted molar refractivity (Wildman–Crippen MR) is 135 cm³/mol. The monoisotopic (exact) mass is 461 g/mol. The summed E-state index contributed by atoms with van der Waals surface area (Å²) in [6, 6.07) is 15.0. The zero-order chi connectivity index (χ0) is 24.1. The van der Waals surface area contributed by atoms with E-state index < -0.39 is 0 Å². The molecule has 1 saturated carbocycles. The van der Waals surface area contributed by atoms with E-state index in [1.54, 1.807) is 11.7 Å². The number of methoxy groups -OCH3 is 1. The van der Waals surface area contributed by atoms with E-state index >= 15 is 0 Å². The first-order valence-electron chi connectivity index (χ1n) is 12.4. The molecule has 0 N–H and O–H groups in total. The largest absolute Gasteiger partial charge is 0.383 e. The Hall–Kier alpha value is -2.99. The van der Waals surface area contributed by atoms with Crippen LogP contribution in [0.15, 0.2) is 53.3 Å². The molecule has 0 spiro atoms. The number of benzene rings is 2. The number of nitrogens with zero attached hydrogens (tertiary/aromatic N) is 3. The summed E-state index contributed by atoms with van der Waals surface area (Å²) < 4.78 is 7.09. The van der Waals surface area contributed by atoms with Crippen molar-refractivity contribution in [3.8, 4) is 5.69 Å². The fourth-order valence-electron chi connectivity index (χ4n) is 5.13. The molecule has 6 heteroatoms. The topological polar surface area (TPSA) is 64.4 Å². The van der Waals surface area contributed by atoms with Gasteiger partial charge < -0.3 is 9.64 Å². The van der Waals surface area contributed by atoms with Gasteiger partial charge in [-0.3, -0.25) is 14.2 Å². The van der Waals surface area contributed by atoms with E-state index in [1.165, 1.54) is 6.42 Å². The summed E-state index contributed by atoms with van der Waals surface area (Å²) >= 11 is 0. The summed E-state index contributed by atoms with van der Waals surface area (Å²) in [6.45, 7) is 4.98. The van der Waals surface area contributed by atoms with Gasteiger partial charge >= 0.3 is 0 Å². The number of ether oxygens (including phenoxy) is 1. The van der Waals surface area contributed by atoms with Gasteiger partial charge in [-0.25, -0.2) is 4.98 Å².